The van der Waals surface area contributed by atoms with E-state index in [0.717, 1.165) is 60.4 Å². The highest BCUT2D eigenvalue weighted by Gasteiger charge is 2.13. The summed E-state index contributed by atoms with van der Waals surface area (Å²) < 4.78 is 1.15. The van der Waals surface area contributed by atoms with Gasteiger partial charge in [0.1, 0.15) is 5.01 Å². The fourth-order valence-electron chi connectivity index (χ4n) is 4.90. The molecule has 6 rings (SSSR count). The van der Waals surface area contributed by atoms with E-state index in [1.54, 1.807) is 23.1 Å². The molecular formula is C37H33N3S2. The first-order chi connectivity index (χ1) is 20.5. The van der Waals surface area contributed by atoms with Crippen molar-refractivity contribution in [2.24, 2.45) is 4.99 Å². The van der Waals surface area contributed by atoms with Gasteiger partial charge in [0.25, 0.3) is 0 Å². The van der Waals surface area contributed by atoms with E-state index < -0.39 is 0 Å². The first-order valence-corrected chi connectivity index (χ1v) is 16.2. The zero-order chi connectivity index (χ0) is 29.1. The van der Waals surface area contributed by atoms with Crippen LogP contribution in [0.1, 0.15) is 29.2 Å². The van der Waals surface area contributed by atoms with Gasteiger partial charge in [-0.1, -0.05) is 78.7 Å². The quantitative estimate of drug-likeness (QED) is 0.132. The highest BCUT2D eigenvalue weighted by molar-refractivity contribution is 7.98. The van der Waals surface area contributed by atoms with Crippen LogP contribution in [0.25, 0.3) is 20.8 Å². The summed E-state index contributed by atoms with van der Waals surface area (Å²) in [5, 5.41) is 1.04. The highest BCUT2D eigenvalue weighted by atomic mass is 32.2. The van der Waals surface area contributed by atoms with Crippen molar-refractivity contribution in [3.63, 3.8) is 0 Å². The summed E-state index contributed by atoms with van der Waals surface area (Å²) >= 11 is 3.42. The average molecular weight is 584 g/mol. The molecule has 0 bridgehead atoms. The number of nitrogens with zero attached hydrogens (tertiary/aromatic N) is 3. The molecule has 0 aliphatic carbocycles. The molecular weight excluding hydrogens is 551 g/mol. The van der Waals surface area contributed by atoms with Crippen molar-refractivity contribution >= 4 is 62.3 Å². The number of thioether (sulfide) groups is 1. The Morgan fingerprint density at radius 1 is 0.762 bits per heavy atom. The van der Waals surface area contributed by atoms with Gasteiger partial charge in [0.05, 0.1) is 15.9 Å². The molecule has 0 atom stereocenters. The molecule has 5 aromatic carbocycles. The summed E-state index contributed by atoms with van der Waals surface area (Å²) in [4.78, 5) is 13.3. The molecule has 1 heterocycles. The average Bonchev–Trinajstić information content (AvgIpc) is 3.45. The maximum absolute atomic E-state index is 4.93. The Kier molecular flexibility index (Phi) is 8.22. The van der Waals surface area contributed by atoms with E-state index in [0.29, 0.717) is 0 Å². The Bertz CT molecular complexity index is 1830. The number of benzene rings is 5. The smallest absolute Gasteiger partial charge is 0.124 e. The first kappa shape index (κ1) is 28.0. The van der Waals surface area contributed by atoms with Crippen LogP contribution in [0.4, 0.5) is 22.7 Å². The lowest BCUT2D eigenvalue weighted by Crippen LogP contribution is -2.10. The molecule has 208 valence electrons. The lowest BCUT2D eigenvalue weighted by molar-refractivity contribution is 1.14. The molecule has 6 aromatic rings. The number of aryl methyl sites for hydroxylation is 3. The minimum atomic E-state index is 0.968. The third-order valence-corrected chi connectivity index (χ3v) is 9.22. The fourth-order valence-corrected chi connectivity index (χ4v) is 6.44. The van der Waals surface area contributed by atoms with E-state index >= 15 is 0 Å². The van der Waals surface area contributed by atoms with Crippen molar-refractivity contribution in [2.75, 3.05) is 11.2 Å². The molecule has 0 radical (unpaired) electrons. The van der Waals surface area contributed by atoms with Gasteiger partial charge in [-0.15, -0.1) is 23.1 Å². The Morgan fingerprint density at radius 3 is 1.93 bits per heavy atom. The molecule has 5 heteroatoms. The first-order valence-electron chi connectivity index (χ1n) is 14.2. The number of hydrogen-bond acceptors (Lipinski definition) is 5. The number of hydrogen-bond donors (Lipinski definition) is 0. The molecule has 42 heavy (non-hydrogen) atoms. The van der Waals surface area contributed by atoms with Gasteiger partial charge in [-0.3, -0.25) is 4.99 Å². The van der Waals surface area contributed by atoms with E-state index in [1.807, 2.05) is 6.21 Å². The SMILES string of the molecule is CCc1ccc(N(c2ccc(C)cc2)c2ccc(/C=N/c3cc4sc(-c5ccc(C)cc5)nc4cc3SC)cc2)cc1. The number of fused-ring (bicyclic) bond motifs is 1. The predicted octanol–water partition coefficient (Wildman–Crippen LogP) is 11.1. The Morgan fingerprint density at radius 2 is 1.33 bits per heavy atom. The molecule has 0 aliphatic rings. The van der Waals surface area contributed by atoms with Crippen LogP contribution in [0.2, 0.25) is 0 Å². The van der Waals surface area contributed by atoms with Crippen LogP contribution < -0.4 is 4.90 Å². The number of thiazole rings is 1. The van der Waals surface area contributed by atoms with E-state index in [9.17, 15) is 0 Å². The van der Waals surface area contributed by atoms with Gasteiger partial charge in [-0.2, -0.15) is 0 Å². The lowest BCUT2D eigenvalue weighted by atomic mass is 10.1. The normalized spacial score (nSPS) is 11.4. The van der Waals surface area contributed by atoms with Crippen molar-refractivity contribution in [2.45, 2.75) is 32.1 Å². The molecule has 0 aliphatic heterocycles. The van der Waals surface area contributed by atoms with Crippen LogP contribution in [-0.4, -0.2) is 17.5 Å². The van der Waals surface area contributed by atoms with Gasteiger partial charge in [-0.05, 0) is 86.2 Å². The highest BCUT2D eigenvalue weighted by Crippen LogP contribution is 2.38. The van der Waals surface area contributed by atoms with Crippen LogP contribution in [0.15, 0.2) is 119 Å². The molecule has 1 aromatic heterocycles. The maximum Gasteiger partial charge on any atom is 0.124 e. The molecule has 0 N–H and O–H groups in total. The van der Waals surface area contributed by atoms with Gasteiger partial charge >= 0.3 is 0 Å². The van der Waals surface area contributed by atoms with Crippen molar-refractivity contribution in [3.8, 4) is 10.6 Å². The van der Waals surface area contributed by atoms with Crippen LogP contribution in [0.3, 0.4) is 0 Å². The maximum atomic E-state index is 4.93. The third-order valence-electron chi connectivity index (χ3n) is 7.39. The minimum absolute atomic E-state index is 0.968. The zero-order valence-corrected chi connectivity index (χ0v) is 26.0. The molecule has 0 amide bonds. The summed E-state index contributed by atoms with van der Waals surface area (Å²) in [6.45, 7) is 6.42. The number of aromatic nitrogens is 1. The Labute approximate surface area is 256 Å². The summed E-state index contributed by atoms with van der Waals surface area (Å²) in [6.07, 6.45) is 5.08. The van der Waals surface area contributed by atoms with Crippen LogP contribution in [0.5, 0.6) is 0 Å². The van der Waals surface area contributed by atoms with Crippen LogP contribution in [-0.2, 0) is 6.42 Å². The van der Waals surface area contributed by atoms with Crippen molar-refractivity contribution in [1.82, 2.24) is 4.98 Å². The van der Waals surface area contributed by atoms with Crippen LogP contribution >= 0.6 is 23.1 Å². The monoisotopic (exact) mass is 583 g/mol. The largest absolute Gasteiger partial charge is 0.311 e. The number of rotatable bonds is 8. The molecule has 0 spiro atoms. The predicted molar refractivity (Wildman–Crippen MR) is 184 cm³/mol. The second-order valence-electron chi connectivity index (χ2n) is 10.4. The van der Waals surface area contributed by atoms with E-state index in [-0.39, 0.29) is 0 Å². The van der Waals surface area contributed by atoms with Crippen LogP contribution in [0, 0.1) is 13.8 Å². The summed E-state index contributed by atoms with van der Waals surface area (Å²) in [7, 11) is 0. The molecule has 3 nitrogen and oxygen atoms in total. The summed E-state index contributed by atoms with van der Waals surface area (Å²) in [5.74, 6) is 0. The molecule has 0 saturated carbocycles. The standard InChI is InChI=1S/C37H33N3S2/c1-5-27-10-18-31(19-11-27)40(30-16-8-26(3)9-17-30)32-20-12-28(13-21-32)24-38-33-22-36-34(23-35(33)41-4)39-37(42-36)29-14-6-25(2)7-15-29/h6-24H,5H2,1-4H3/b38-24+. The van der Waals surface area contributed by atoms with Gasteiger partial charge in [0, 0.05) is 33.7 Å². The van der Waals surface area contributed by atoms with Crippen molar-refractivity contribution in [3.05, 3.63) is 131 Å². The zero-order valence-electron chi connectivity index (χ0n) is 24.3. The van der Waals surface area contributed by atoms with Gasteiger partial charge in [0.2, 0.25) is 0 Å². The van der Waals surface area contributed by atoms with E-state index in [1.165, 1.54) is 16.7 Å². The second kappa shape index (κ2) is 12.4. The molecule has 0 saturated heterocycles. The lowest BCUT2D eigenvalue weighted by Gasteiger charge is -2.26. The Balaban J connectivity index is 1.29. The molecule has 0 unspecified atom stereocenters. The fraction of sp³-hybridized carbons (Fsp3) is 0.135. The molecule has 0 fully saturated rings. The van der Waals surface area contributed by atoms with E-state index in [4.69, 9.17) is 9.98 Å². The van der Waals surface area contributed by atoms with Crippen molar-refractivity contribution in [1.29, 1.82) is 0 Å². The van der Waals surface area contributed by atoms with Gasteiger partial charge in [-0.25, -0.2) is 4.98 Å². The van der Waals surface area contributed by atoms with Gasteiger partial charge < -0.3 is 4.90 Å². The van der Waals surface area contributed by atoms with E-state index in [2.05, 4.69) is 141 Å². The Hall–Kier alpha value is -4.19. The third kappa shape index (κ3) is 6.03. The van der Waals surface area contributed by atoms with Gasteiger partial charge in [0.15, 0.2) is 0 Å². The number of anilines is 3. The van der Waals surface area contributed by atoms with Crippen molar-refractivity contribution < 1.29 is 0 Å². The minimum Gasteiger partial charge on any atom is -0.311 e. The topological polar surface area (TPSA) is 28.5 Å². The summed E-state index contributed by atoms with van der Waals surface area (Å²) in [6, 6.07) is 39.0. The second-order valence-corrected chi connectivity index (χ2v) is 12.3. The number of aliphatic imine (C=N–C) groups is 1. The summed E-state index contributed by atoms with van der Waals surface area (Å²) in [5.41, 5.74) is 11.4.